The minimum Gasteiger partial charge on any atom is -0.355 e. The van der Waals surface area contributed by atoms with Crippen LogP contribution in [0, 0.1) is 0 Å². The summed E-state index contributed by atoms with van der Waals surface area (Å²) in [4.78, 5) is 18.1. The Morgan fingerprint density at radius 2 is 2.08 bits per heavy atom. The van der Waals surface area contributed by atoms with Gasteiger partial charge in [-0.25, -0.2) is 9.97 Å². The molecule has 2 aromatic rings. The van der Waals surface area contributed by atoms with Crippen molar-refractivity contribution in [3.05, 3.63) is 40.0 Å². The average Bonchev–Trinajstić information content (AvgIpc) is 2.99. The van der Waals surface area contributed by atoms with E-state index >= 15 is 0 Å². The van der Waals surface area contributed by atoms with E-state index in [9.17, 15) is 0 Å². The summed E-state index contributed by atoms with van der Waals surface area (Å²) >= 11 is 1.86. The van der Waals surface area contributed by atoms with E-state index in [1.807, 2.05) is 11.3 Å². The van der Waals surface area contributed by atoms with E-state index in [0.717, 1.165) is 45.7 Å². The Hall–Kier alpha value is -1.50. The van der Waals surface area contributed by atoms with Crippen molar-refractivity contribution in [3.63, 3.8) is 0 Å². The van der Waals surface area contributed by atoms with Gasteiger partial charge in [-0.2, -0.15) is 0 Å². The Labute approximate surface area is 147 Å². The van der Waals surface area contributed by atoms with Crippen LogP contribution in [0.1, 0.15) is 22.6 Å². The fraction of sp³-hybridized carbons (Fsp3) is 0.556. The number of hydrogen-bond donors (Lipinski definition) is 0. The molecule has 1 saturated heterocycles. The third kappa shape index (κ3) is 3.45. The van der Waals surface area contributed by atoms with Crippen LogP contribution in [0.2, 0.25) is 0 Å². The molecule has 1 fully saturated rings. The zero-order valence-corrected chi connectivity index (χ0v) is 15.1. The summed E-state index contributed by atoms with van der Waals surface area (Å²) in [5.41, 5.74) is 2.59. The summed E-state index contributed by atoms with van der Waals surface area (Å²) < 4.78 is 0. The predicted octanol–water partition coefficient (Wildman–Crippen LogP) is 2.24. The van der Waals surface area contributed by atoms with E-state index in [-0.39, 0.29) is 0 Å². The van der Waals surface area contributed by atoms with Crippen molar-refractivity contribution in [1.82, 2.24) is 19.8 Å². The molecule has 4 heterocycles. The van der Waals surface area contributed by atoms with Crippen molar-refractivity contribution >= 4 is 17.2 Å². The molecule has 128 valence electrons. The summed E-state index contributed by atoms with van der Waals surface area (Å²) in [7, 11) is 2.19. The number of likely N-dealkylation sites (N-methyl/N-ethyl adjacent to an activating group) is 1. The maximum absolute atomic E-state index is 4.66. The van der Waals surface area contributed by atoms with E-state index in [4.69, 9.17) is 0 Å². The van der Waals surface area contributed by atoms with Crippen LogP contribution in [0.4, 0.5) is 5.82 Å². The minimum atomic E-state index is 0.973. The topological polar surface area (TPSA) is 35.5 Å². The van der Waals surface area contributed by atoms with Crippen LogP contribution in [0.15, 0.2) is 23.8 Å². The standard InChI is InChI=1S/C18H25N5S/c1-21-8-5-17-16(13-21)18(20-14-19-17)23-7-3-6-22(9-10-23)12-15-4-2-11-24-15/h2,4,11,14H,3,5-10,12-13H2,1H3. The molecule has 5 nitrogen and oxygen atoms in total. The molecule has 0 atom stereocenters. The molecule has 0 bridgehead atoms. The lowest BCUT2D eigenvalue weighted by molar-refractivity contribution is 0.288. The van der Waals surface area contributed by atoms with E-state index < -0.39 is 0 Å². The molecule has 0 amide bonds. The summed E-state index contributed by atoms with van der Waals surface area (Å²) in [6.45, 7) is 7.57. The normalized spacial score (nSPS) is 20.0. The second kappa shape index (κ2) is 7.17. The first-order valence-electron chi connectivity index (χ1n) is 8.80. The molecule has 0 unspecified atom stereocenters. The number of nitrogens with zero attached hydrogens (tertiary/aromatic N) is 5. The highest BCUT2D eigenvalue weighted by Gasteiger charge is 2.23. The van der Waals surface area contributed by atoms with Crippen LogP contribution in [0.5, 0.6) is 0 Å². The average molecular weight is 344 g/mol. The highest BCUT2D eigenvalue weighted by Crippen LogP contribution is 2.26. The van der Waals surface area contributed by atoms with Crippen LogP contribution in [0.3, 0.4) is 0 Å². The zero-order valence-electron chi connectivity index (χ0n) is 14.3. The van der Waals surface area contributed by atoms with E-state index in [1.54, 1.807) is 6.33 Å². The molecule has 6 heteroatoms. The molecule has 0 aromatic carbocycles. The maximum Gasteiger partial charge on any atom is 0.136 e. The lowest BCUT2D eigenvalue weighted by Crippen LogP contribution is -2.34. The van der Waals surface area contributed by atoms with Gasteiger partial charge in [0.15, 0.2) is 0 Å². The van der Waals surface area contributed by atoms with Gasteiger partial charge in [-0.1, -0.05) is 6.07 Å². The van der Waals surface area contributed by atoms with Gasteiger partial charge in [0, 0.05) is 62.7 Å². The smallest absolute Gasteiger partial charge is 0.136 e. The van der Waals surface area contributed by atoms with Gasteiger partial charge in [0.05, 0.1) is 5.69 Å². The van der Waals surface area contributed by atoms with Crippen LogP contribution in [-0.4, -0.2) is 59.5 Å². The van der Waals surface area contributed by atoms with Crippen molar-refractivity contribution in [1.29, 1.82) is 0 Å². The third-order valence-corrected chi connectivity index (χ3v) is 5.88. The van der Waals surface area contributed by atoms with Crippen LogP contribution < -0.4 is 4.90 Å². The zero-order chi connectivity index (χ0) is 16.4. The molecule has 24 heavy (non-hydrogen) atoms. The van der Waals surface area contributed by atoms with Crippen LogP contribution in [-0.2, 0) is 19.5 Å². The lowest BCUT2D eigenvalue weighted by Gasteiger charge is -2.30. The van der Waals surface area contributed by atoms with E-state index in [0.29, 0.717) is 0 Å². The lowest BCUT2D eigenvalue weighted by atomic mass is 10.1. The molecular formula is C18H25N5S. The Morgan fingerprint density at radius 1 is 1.12 bits per heavy atom. The van der Waals surface area contributed by atoms with Gasteiger partial charge in [-0.3, -0.25) is 4.90 Å². The van der Waals surface area contributed by atoms with Crippen molar-refractivity contribution < 1.29 is 0 Å². The van der Waals surface area contributed by atoms with Crippen LogP contribution >= 0.6 is 11.3 Å². The highest BCUT2D eigenvalue weighted by molar-refractivity contribution is 7.09. The number of fused-ring (bicyclic) bond motifs is 1. The second-order valence-corrected chi connectivity index (χ2v) is 7.84. The first kappa shape index (κ1) is 16.0. The first-order chi connectivity index (χ1) is 11.8. The number of thiophene rings is 1. The van der Waals surface area contributed by atoms with Gasteiger partial charge in [-0.05, 0) is 24.9 Å². The minimum absolute atomic E-state index is 0.973. The Morgan fingerprint density at radius 3 is 2.96 bits per heavy atom. The van der Waals surface area contributed by atoms with Crippen molar-refractivity contribution in [2.45, 2.75) is 25.9 Å². The van der Waals surface area contributed by atoms with Gasteiger partial charge >= 0.3 is 0 Å². The van der Waals surface area contributed by atoms with Gasteiger partial charge in [-0.15, -0.1) is 11.3 Å². The fourth-order valence-electron chi connectivity index (χ4n) is 3.70. The number of aromatic nitrogens is 2. The molecule has 0 spiro atoms. The first-order valence-corrected chi connectivity index (χ1v) is 9.68. The largest absolute Gasteiger partial charge is 0.355 e. The summed E-state index contributed by atoms with van der Waals surface area (Å²) in [5.74, 6) is 1.17. The summed E-state index contributed by atoms with van der Waals surface area (Å²) in [6, 6.07) is 4.39. The van der Waals surface area contributed by atoms with Crippen LogP contribution in [0.25, 0.3) is 0 Å². The van der Waals surface area contributed by atoms with E-state index in [1.165, 1.54) is 34.9 Å². The summed E-state index contributed by atoms with van der Waals surface area (Å²) in [5, 5.41) is 2.17. The number of anilines is 1. The molecule has 0 N–H and O–H groups in total. The van der Waals surface area contributed by atoms with Crippen molar-refractivity contribution in [3.8, 4) is 0 Å². The SMILES string of the molecule is CN1CCc2ncnc(N3CCCN(Cc4cccs4)CC3)c2C1. The molecular weight excluding hydrogens is 318 g/mol. The monoisotopic (exact) mass is 343 g/mol. The number of hydrogen-bond acceptors (Lipinski definition) is 6. The molecule has 2 aliphatic heterocycles. The fourth-order valence-corrected chi connectivity index (χ4v) is 4.44. The second-order valence-electron chi connectivity index (χ2n) is 6.81. The predicted molar refractivity (Wildman–Crippen MR) is 98.5 cm³/mol. The van der Waals surface area contributed by atoms with Gasteiger partial charge in [0.1, 0.15) is 12.1 Å². The van der Waals surface area contributed by atoms with Gasteiger partial charge < -0.3 is 9.80 Å². The molecule has 0 aliphatic carbocycles. The van der Waals surface area contributed by atoms with Gasteiger partial charge in [0.25, 0.3) is 0 Å². The molecule has 2 aromatic heterocycles. The highest BCUT2D eigenvalue weighted by atomic mass is 32.1. The van der Waals surface area contributed by atoms with Crippen molar-refractivity contribution in [2.24, 2.45) is 0 Å². The summed E-state index contributed by atoms with van der Waals surface area (Å²) in [6.07, 6.45) is 3.99. The molecule has 0 saturated carbocycles. The number of rotatable bonds is 3. The maximum atomic E-state index is 4.66. The third-order valence-electron chi connectivity index (χ3n) is 5.02. The van der Waals surface area contributed by atoms with E-state index in [2.05, 4.69) is 49.2 Å². The Kier molecular flexibility index (Phi) is 4.78. The quantitative estimate of drug-likeness (QED) is 0.854. The Bertz CT molecular complexity index is 672. The molecule has 2 aliphatic rings. The Balaban J connectivity index is 1.48. The molecule has 4 rings (SSSR count). The van der Waals surface area contributed by atoms with Gasteiger partial charge in [0.2, 0.25) is 0 Å². The van der Waals surface area contributed by atoms with Crippen molar-refractivity contribution in [2.75, 3.05) is 44.7 Å². The molecule has 0 radical (unpaired) electrons.